The van der Waals surface area contributed by atoms with Gasteiger partial charge in [0.1, 0.15) is 5.75 Å². The molecular formula is C24H29N3O3. The Balaban J connectivity index is 1.33. The van der Waals surface area contributed by atoms with Gasteiger partial charge in [0.2, 0.25) is 11.8 Å². The number of nitrogens with one attached hydrogen (secondary N) is 1. The number of rotatable bonds is 6. The number of carbonyl (C=O) groups is 2. The molecule has 2 aliphatic heterocycles. The summed E-state index contributed by atoms with van der Waals surface area (Å²) in [6.45, 7) is 2.52. The molecule has 2 fully saturated rings. The van der Waals surface area contributed by atoms with Crippen LogP contribution in [0.3, 0.4) is 0 Å². The number of para-hydroxylation sites is 2. The molecule has 2 heterocycles. The van der Waals surface area contributed by atoms with Crippen molar-refractivity contribution in [3.8, 4) is 5.75 Å². The molecule has 1 unspecified atom stereocenters. The van der Waals surface area contributed by atoms with Gasteiger partial charge in [0.25, 0.3) is 0 Å². The highest BCUT2D eigenvalue weighted by molar-refractivity contribution is 5.95. The van der Waals surface area contributed by atoms with Gasteiger partial charge in [-0.2, -0.15) is 0 Å². The summed E-state index contributed by atoms with van der Waals surface area (Å²) in [5, 5.41) is 3.20. The third-order valence-electron chi connectivity index (χ3n) is 5.90. The van der Waals surface area contributed by atoms with E-state index in [0.29, 0.717) is 12.8 Å². The molecule has 158 valence electrons. The van der Waals surface area contributed by atoms with Crippen molar-refractivity contribution >= 4 is 23.2 Å². The minimum atomic E-state index is 0.0341. The minimum absolute atomic E-state index is 0.0341. The van der Waals surface area contributed by atoms with Crippen LogP contribution in [0.25, 0.3) is 0 Å². The summed E-state index contributed by atoms with van der Waals surface area (Å²) in [5.41, 5.74) is 2.95. The van der Waals surface area contributed by atoms with Crippen molar-refractivity contribution < 1.29 is 14.3 Å². The fourth-order valence-corrected chi connectivity index (χ4v) is 4.38. The van der Waals surface area contributed by atoms with Gasteiger partial charge in [0, 0.05) is 37.8 Å². The van der Waals surface area contributed by atoms with Crippen LogP contribution in [0.1, 0.15) is 31.2 Å². The largest absolute Gasteiger partial charge is 0.495 e. The number of carbonyl (C=O) groups excluding carboxylic acids is 2. The van der Waals surface area contributed by atoms with Gasteiger partial charge in [-0.25, -0.2) is 0 Å². The van der Waals surface area contributed by atoms with Crippen LogP contribution in [-0.2, 0) is 16.0 Å². The predicted octanol–water partition coefficient (Wildman–Crippen LogP) is 3.15. The lowest BCUT2D eigenvalue weighted by molar-refractivity contribution is -0.121. The van der Waals surface area contributed by atoms with E-state index in [2.05, 4.69) is 16.3 Å². The highest BCUT2D eigenvalue weighted by Gasteiger charge is 2.24. The maximum Gasteiger partial charge on any atom is 0.227 e. The van der Waals surface area contributed by atoms with Gasteiger partial charge in [-0.1, -0.05) is 24.3 Å². The highest BCUT2D eigenvalue weighted by atomic mass is 16.5. The number of anilines is 2. The zero-order valence-corrected chi connectivity index (χ0v) is 17.5. The zero-order valence-electron chi connectivity index (χ0n) is 17.5. The van der Waals surface area contributed by atoms with E-state index in [4.69, 9.17) is 4.74 Å². The molecule has 2 amide bonds. The van der Waals surface area contributed by atoms with E-state index in [9.17, 15) is 9.59 Å². The Morgan fingerprint density at radius 2 is 1.90 bits per heavy atom. The van der Waals surface area contributed by atoms with Gasteiger partial charge in [-0.05, 0) is 49.1 Å². The number of methoxy groups -OCH3 is 1. The average Bonchev–Trinajstić information content (AvgIpc) is 3.20. The molecule has 0 bridgehead atoms. The average molecular weight is 408 g/mol. The molecule has 0 saturated carbocycles. The first-order valence-electron chi connectivity index (χ1n) is 10.7. The fraction of sp³-hybridized carbons (Fsp3) is 0.417. The first-order valence-corrected chi connectivity index (χ1v) is 10.7. The lowest BCUT2D eigenvalue weighted by atomic mass is 10.0. The molecule has 0 spiro atoms. The molecule has 2 aliphatic rings. The fourth-order valence-electron chi connectivity index (χ4n) is 4.38. The summed E-state index contributed by atoms with van der Waals surface area (Å²) < 4.78 is 5.49. The van der Waals surface area contributed by atoms with Crippen molar-refractivity contribution in [1.82, 2.24) is 5.32 Å². The summed E-state index contributed by atoms with van der Waals surface area (Å²) in [6, 6.07) is 15.9. The summed E-state index contributed by atoms with van der Waals surface area (Å²) in [5.74, 6) is 1.07. The molecule has 2 aromatic carbocycles. The zero-order chi connectivity index (χ0) is 20.9. The van der Waals surface area contributed by atoms with Crippen molar-refractivity contribution in [1.29, 1.82) is 0 Å². The van der Waals surface area contributed by atoms with Gasteiger partial charge >= 0.3 is 0 Å². The minimum Gasteiger partial charge on any atom is -0.495 e. The first kappa shape index (κ1) is 20.3. The molecule has 6 heteroatoms. The topological polar surface area (TPSA) is 61.9 Å². The van der Waals surface area contributed by atoms with Crippen molar-refractivity contribution in [3.05, 3.63) is 54.1 Å². The molecule has 1 atom stereocenters. The Morgan fingerprint density at radius 3 is 2.63 bits per heavy atom. The van der Waals surface area contributed by atoms with Crippen LogP contribution in [0.4, 0.5) is 11.4 Å². The standard InChI is InChI=1S/C24H29N3O3/c1-30-22-8-3-2-7-21(22)26-14-4-6-19(17-26)25-23(28)16-18-10-12-20(13-11-18)27-15-5-9-24(27)29/h2-3,7-8,10-13,19H,4-6,9,14-17H2,1H3,(H,25,28). The van der Waals surface area contributed by atoms with Crippen molar-refractivity contribution in [2.24, 2.45) is 0 Å². The first-order chi connectivity index (χ1) is 14.6. The SMILES string of the molecule is COc1ccccc1N1CCCC(NC(=O)Cc2ccc(N3CCCC3=O)cc2)C1. The number of ether oxygens (including phenoxy) is 1. The maximum absolute atomic E-state index is 12.6. The molecule has 2 aromatic rings. The third-order valence-corrected chi connectivity index (χ3v) is 5.90. The summed E-state index contributed by atoms with van der Waals surface area (Å²) in [7, 11) is 1.69. The number of amides is 2. The Morgan fingerprint density at radius 1 is 1.10 bits per heavy atom. The number of hydrogen-bond acceptors (Lipinski definition) is 4. The van der Waals surface area contributed by atoms with E-state index in [1.165, 1.54) is 0 Å². The Labute approximate surface area is 177 Å². The summed E-state index contributed by atoms with van der Waals surface area (Å²) >= 11 is 0. The quantitative estimate of drug-likeness (QED) is 0.799. The molecule has 0 radical (unpaired) electrons. The molecule has 6 nitrogen and oxygen atoms in total. The molecule has 0 aromatic heterocycles. The van der Waals surface area contributed by atoms with E-state index >= 15 is 0 Å². The second kappa shape index (κ2) is 9.20. The second-order valence-corrected chi connectivity index (χ2v) is 8.02. The normalized spacial score (nSPS) is 19.1. The van der Waals surface area contributed by atoms with Crippen LogP contribution in [0.2, 0.25) is 0 Å². The summed E-state index contributed by atoms with van der Waals surface area (Å²) in [6.07, 6.45) is 3.89. The van der Waals surface area contributed by atoms with E-state index in [1.54, 1.807) is 7.11 Å². The van der Waals surface area contributed by atoms with Crippen molar-refractivity contribution in [2.45, 2.75) is 38.1 Å². The monoisotopic (exact) mass is 407 g/mol. The van der Waals surface area contributed by atoms with Crippen LogP contribution in [0.15, 0.2) is 48.5 Å². The van der Waals surface area contributed by atoms with Crippen LogP contribution in [0.5, 0.6) is 5.75 Å². The number of piperidine rings is 1. The van der Waals surface area contributed by atoms with Gasteiger partial charge in [0.05, 0.1) is 19.2 Å². The lowest BCUT2D eigenvalue weighted by Crippen LogP contribution is -2.48. The maximum atomic E-state index is 12.6. The van der Waals surface area contributed by atoms with Crippen molar-refractivity contribution in [2.75, 3.05) is 36.5 Å². The van der Waals surface area contributed by atoms with Crippen LogP contribution < -0.4 is 19.9 Å². The number of benzene rings is 2. The lowest BCUT2D eigenvalue weighted by Gasteiger charge is -2.35. The Kier molecular flexibility index (Phi) is 6.21. The van der Waals surface area contributed by atoms with E-state index in [1.807, 2.05) is 47.4 Å². The van der Waals surface area contributed by atoms with Crippen LogP contribution in [-0.4, -0.2) is 44.6 Å². The molecule has 1 N–H and O–H groups in total. The molecule has 4 rings (SSSR count). The Bertz CT molecular complexity index is 897. The predicted molar refractivity (Wildman–Crippen MR) is 118 cm³/mol. The number of nitrogens with zero attached hydrogens (tertiary/aromatic N) is 2. The number of hydrogen-bond donors (Lipinski definition) is 1. The highest BCUT2D eigenvalue weighted by Crippen LogP contribution is 2.30. The smallest absolute Gasteiger partial charge is 0.227 e. The third kappa shape index (κ3) is 4.58. The van der Waals surface area contributed by atoms with Gasteiger partial charge in [-0.15, -0.1) is 0 Å². The molecule has 0 aliphatic carbocycles. The van der Waals surface area contributed by atoms with Gasteiger partial charge in [0.15, 0.2) is 0 Å². The van der Waals surface area contributed by atoms with Gasteiger partial charge < -0.3 is 19.9 Å². The van der Waals surface area contributed by atoms with E-state index in [0.717, 1.165) is 61.6 Å². The molecular weight excluding hydrogens is 378 g/mol. The molecule has 2 saturated heterocycles. The van der Waals surface area contributed by atoms with E-state index in [-0.39, 0.29) is 17.9 Å². The van der Waals surface area contributed by atoms with E-state index < -0.39 is 0 Å². The van der Waals surface area contributed by atoms with Crippen LogP contribution >= 0.6 is 0 Å². The summed E-state index contributed by atoms with van der Waals surface area (Å²) in [4.78, 5) is 28.6. The molecule has 30 heavy (non-hydrogen) atoms. The van der Waals surface area contributed by atoms with Gasteiger partial charge in [-0.3, -0.25) is 9.59 Å². The Hall–Kier alpha value is -3.02. The van der Waals surface area contributed by atoms with Crippen LogP contribution in [0, 0.1) is 0 Å². The van der Waals surface area contributed by atoms with Crippen molar-refractivity contribution in [3.63, 3.8) is 0 Å². The second-order valence-electron chi connectivity index (χ2n) is 8.02.